The minimum absolute atomic E-state index is 0.249. The fourth-order valence-corrected chi connectivity index (χ4v) is 2.74. The Morgan fingerprint density at radius 2 is 1.75 bits per heavy atom. The lowest BCUT2D eigenvalue weighted by atomic mass is 10.1. The van der Waals surface area contributed by atoms with Crippen molar-refractivity contribution in [2.45, 2.75) is 13.8 Å². The summed E-state index contributed by atoms with van der Waals surface area (Å²) in [5.74, 6) is 1.45. The molecule has 1 amide bonds. The molecule has 0 unspecified atom stereocenters. The van der Waals surface area contributed by atoms with Crippen LogP contribution in [0.2, 0.25) is 0 Å². The van der Waals surface area contributed by atoms with Crippen molar-refractivity contribution in [3.8, 4) is 11.5 Å². The van der Waals surface area contributed by atoms with E-state index in [4.69, 9.17) is 9.47 Å². The summed E-state index contributed by atoms with van der Waals surface area (Å²) in [5.41, 5.74) is 3.79. The van der Waals surface area contributed by atoms with Gasteiger partial charge in [0, 0.05) is 17.8 Å². The second kappa shape index (κ2) is 8.39. The third kappa shape index (κ3) is 4.37. The summed E-state index contributed by atoms with van der Waals surface area (Å²) >= 11 is 0. The van der Waals surface area contributed by atoms with Gasteiger partial charge in [-0.3, -0.25) is 4.79 Å². The molecule has 0 aliphatic rings. The fraction of sp³-hybridized carbons (Fsp3) is 0.190. The van der Waals surface area contributed by atoms with Crippen LogP contribution in [-0.4, -0.2) is 30.1 Å². The first-order chi connectivity index (χ1) is 13.5. The summed E-state index contributed by atoms with van der Waals surface area (Å²) in [6.07, 6.45) is 1.34. The number of rotatable bonds is 6. The zero-order valence-corrected chi connectivity index (χ0v) is 16.2. The topological polar surface area (TPSA) is 85.4 Å². The molecule has 7 heteroatoms. The molecule has 2 N–H and O–H groups in total. The van der Waals surface area contributed by atoms with Crippen LogP contribution in [0.25, 0.3) is 0 Å². The lowest BCUT2D eigenvalue weighted by molar-refractivity contribution is 0.102. The summed E-state index contributed by atoms with van der Waals surface area (Å²) in [4.78, 5) is 20.9. The van der Waals surface area contributed by atoms with Gasteiger partial charge in [-0.1, -0.05) is 17.7 Å². The molecule has 0 fully saturated rings. The number of ether oxygens (including phenoxy) is 2. The van der Waals surface area contributed by atoms with Gasteiger partial charge in [-0.25, -0.2) is 9.97 Å². The van der Waals surface area contributed by atoms with E-state index in [-0.39, 0.29) is 11.6 Å². The molecular formula is C21H22N4O3. The lowest BCUT2D eigenvalue weighted by Crippen LogP contribution is -2.15. The molecule has 0 aliphatic heterocycles. The van der Waals surface area contributed by atoms with E-state index in [9.17, 15) is 4.79 Å². The average molecular weight is 378 g/mol. The van der Waals surface area contributed by atoms with Crippen LogP contribution in [0.15, 0.2) is 48.8 Å². The van der Waals surface area contributed by atoms with Gasteiger partial charge in [0.15, 0.2) is 0 Å². The molecule has 144 valence electrons. The first-order valence-corrected chi connectivity index (χ1v) is 8.70. The normalized spacial score (nSPS) is 10.3. The monoisotopic (exact) mass is 378 g/mol. The molecule has 0 spiro atoms. The van der Waals surface area contributed by atoms with Gasteiger partial charge in [-0.15, -0.1) is 0 Å². The number of nitrogens with zero attached hydrogens (tertiary/aromatic N) is 2. The van der Waals surface area contributed by atoms with E-state index < -0.39 is 0 Å². The zero-order chi connectivity index (χ0) is 20.1. The third-order valence-electron chi connectivity index (χ3n) is 4.20. The smallest absolute Gasteiger partial charge is 0.274 e. The van der Waals surface area contributed by atoms with E-state index in [0.29, 0.717) is 23.0 Å². The second-order valence-electron chi connectivity index (χ2n) is 6.25. The predicted octanol–water partition coefficient (Wildman–Crippen LogP) is 4.11. The highest BCUT2D eigenvalue weighted by atomic mass is 16.5. The highest BCUT2D eigenvalue weighted by molar-refractivity contribution is 6.03. The van der Waals surface area contributed by atoms with Crippen LogP contribution >= 0.6 is 0 Å². The van der Waals surface area contributed by atoms with Crippen molar-refractivity contribution in [3.63, 3.8) is 0 Å². The van der Waals surface area contributed by atoms with E-state index >= 15 is 0 Å². The van der Waals surface area contributed by atoms with Gasteiger partial charge in [0.2, 0.25) is 0 Å². The Bertz CT molecular complexity index is 1000. The standard InChI is InChI=1S/C21H22N4O3/c1-13-5-7-16(14(2)9-13)25-21(26)18-11-20(23-12-22-18)24-17-10-15(27-3)6-8-19(17)28-4/h5-12H,1-4H3,(H,25,26)(H,22,23,24). The van der Waals surface area contributed by atoms with Crippen molar-refractivity contribution < 1.29 is 14.3 Å². The van der Waals surface area contributed by atoms with Crippen LogP contribution in [0, 0.1) is 13.8 Å². The average Bonchev–Trinajstić information content (AvgIpc) is 2.70. The molecule has 3 rings (SSSR count). The molecule has 1 heterocycles. The van der Waals surface area contributed by atoms with Crippen LogP contribution in [-0.2, 0) is 0 Å². The Morgan fingerprint density at radius 1 is 0.929 bits per heavy atom. The first-order valence-electron chi connectivity index (χ1n) is 8.70. The number of nitrogens with one attached hydrogen (secondary N) is 2. The number of aromatic nitrogens is 2. The number of benzene rings is 2. The van der Waals surface area contributed by atoms with E-state index in [1.807, 2.05) is 32.0 Å². The highest BCUT2D eigenvalue weighted by Gasteiger charge is 2.12. The molecule has 0 bridgehead atoms. The SMILES string of the molecule is COc1ccc(OC)c(Nc2cc(C(=O)Nc3ccc(C)cc3C)ncn2)c1. The number of carbonyl (C=O) groups excluding carboxylic acids is 1. The van der Waals surface area contributed by atoms with Crippen molar-refractivity contribution in [2.75, 3.05) is 24.9 Å². The largest absolute Gasteiger partial charge is 0.497 e. The first kappa shape index (κ1) is 19.2. The fourth-order valence-electron chi connectivity index (χ4n) is 2.74. The van der Waals surface area contributed by atoms with E-state index in [2.05, 4.69) is 20.6 Å². The van der Waals surface area contributed by atoms with E-state index in [1.165, 1.54) is 6.33 Å². The molecule has 1 aromatic heterocycles. The summed E-state index contributed by atoms with van der Waals surface area (Å²) in [6, 6.07) is 12.8. The Kier molecular flexibility index (Phi) is 5.74. The Morgan fingerprint density at radius 3 is 2.46 bits per heavy atom. The number of anilines is 3. The minimum atomic E-state index is -0.310. The molecule has 28 heavy (non-hydrogen) atoms. The quantitative estimate of drug-likeness (QED) is 0.671. The number of methoxy groups -OCH3 is 2. The Labute approximate surface area is 163 Å². The number of carbonyl (C=O) groups is 1. The van der Waals surface area contributed by atoms with Gasteiger partial charge < -0.3 is 20.1 Å². The molecule has 3 aromatic rings. The van der Waals surface area contributed by atoms with Gasteiger partial charge in [-0.05, 0) is 37.6 Å². The maximum Gasteiger partial charge on any atom is 0.274 e. The van der Waals surface area contributed by atoms with Crippen LogP contribution in [0.3, 0.4) is 0 Å². The molecule has 2 aromatic carbocycles. The van der Waals surface area contributed by atoms with Crippen LogP contribution in [0.1, 0.15) is 21.6 Å². The highest BCUT2D eigenvalue weighted by Crippen LogP contribution is 2.31. The summed E-state index contributed by atoms with van der Waals surface area (Å²) < 4.78 is 10.6. The van der Waals surface area contributed by atoms with Crippen molar-refractivity contribution in [1.82, 2.24) is 9.97 Å². The van der Waals surface area contributed by atoms with Gasteiger partial charge in [0.1, 0.15) is 29.3 Å². The molecule has 0 aliphatic carbocycles. The van der Waals surface area contributed by atoms with E-state index in [1.54, 1.807) is 38.5 Å². The van der Waals surface area contributed by atoms with Gasteiger partial charge >= 0.3 is 0 Å². The maximum atomic E-state index is 12.6. The Hall–Kier alpha value is -3.61. The summed E-state index contributed by atoms with van der Waals surface area (Å²) in [6.45, 7) is 3.96. The number of aryl methyl sites for hydroxylation is 2. The van der Waals surface area contributed by atoms with Gasteiger partial charge in [0.25, 0.3) is 5.91 Å². The van der Waals surface area contributed by atoms with Gasteiger partial charge in [-0.2, -0.15) is 0 Å². The second-order valence-corrected chi connectivity index (χ2v) is 6.25. The zero-order valence-electron chi connectivity index (χ0n) is 16.2. The molecule has 0 saturated heterocycles. The van der Waals surface area contributed by atoms with Gasteiger partial charge in [0.05, 0.1) is 19.9 Å². The van der Waals surface area contributed by atoms with Crippen LogP contribution in [0.4, 0.5) is 17.2 Å². The molecular weight excluding hydrogens is 356 g/mol. The molecule has 0 saturated carbocycles. The van der Waals surface area contributed by atoms with Crippen molar-refractivity contribution in [2.24, 2.45) is 0 Å². The van der Waals surface area contributed by atoms with E-state index in [0.717, 1.165) is 16.8 Å². The third-order valence-corrected chi connectivity index (χ3v) is 4.20. The lowest BCUT2D eigenvalue weighted by Gasteiger charge is -2.13. The Balaban J connectivity index is 1.81. The summed E-state index contributed by atoms with van der Waals surface area (Å²) in [5, 5.41) is 6.02. The number of amides is 1. The number of hydrogen-bond acceptors (Lipinski definition) is 6. The molecule has 7 nitrogen and oxygen atoms in total. The maximum absolute atomic E-state index is 12.6. The van der Waals surface area contributed by atoms with Crippen LogP contribution in [0.5, 0.6) is 11.5 Å². The van der Waals surface area contributed by atoms with Crippen molar-refractivity contribution >= 4 is 23.1 Å². The van der Waals surface area contributed by atoms with Crippen molar-refractivity contribution in [3.05, 3.63) is 65.6 Å². The number of hydrogen-bond donors (Lipinski definition) is 2. The minimum Gasteiger partial charge on any atom is -0.497 e. The molecule has 0 atom stereocenters. The predicted molar refractivity (Wildman–Crippen MR) is 109 cm³/mol. The summed E-state index contributed by atoms with van der Waals surface area (Å²) in [7, 11) is 3.17. The van der Waals surface area contributed by atoms with Crippen molar-refractivity contribution in [1.29, 1.82) is 0 Å². The van der Waals surface area contributed by atoms with Crippen LogP contribution < -0.4 is 20.1 Å². The molecule has 0 radical (unpaired) electrons.